The van der Waals surface area contributed by atoms with Gasteiger partial charge < -0.3 is 19.3 Å². The molecule has 0 saturated carbocycles. The van der Waals surface area contributed by atoms with Gasteiger partial charge in [0.25, 0.3) is 5.91 Å². The summed E-state index contributed by atoms with van der Waals surface area (Å²) in [6, 6.07) is 20.5. The Labute approximate surface area is 191 Å². The first-order valence-electron chi connectivity index (χ1n) is 10.5. The Morgan fingerprint density at radius 3 is 2.47 bits per heavy atom. The Bertz CT molecular complexity index is 1190. The zero-order valence-electron chi connectivity index (χ0n) is 17.6. The fourth-order valence-electron chi connectivity index (χ4n) is 3.96. The van der Waals surface area contributed by atoms with Crippen molar-refractivity contribution >= 4 is 29.0 Å². The molecule has 3 aromatic rings. The van der Waals surface area contributed by atoms with Gasteiger partial charge in [-0.05, 0) is 48.5 Å². The number of halogens is 1. The molecule has 2 heterocycles. The number of amides is 1. The molecule has 0 bridgehead atoms. The molecule has 6 nitrogen and oxygen atoms in total. The fourth-order valence-corrected chi connectivity index (χ4v) is 4.09. The van der Waals surface area contributed by atoms with Crippen LogP contribution in [0.15, 0.2) is 71.7 Å². The number of para-hydroxylation sites is 2. The van der Waals surface area contributed by atoms with Gasteiger partial charge in [0, 0.05) is 42.8 Å². The van der Waals surface area contributed by atoms with E-state index in [4.69, 9.17) is 26.1 Å². The van der Waals surface area contributed by atoms with E-state index in [0.29, 0.717) is 48.3 Å². The molecule has 0 aromatic heterocycles. The molecular formula is C25H22ClN3O3. The Balaban J connectivity index is 1.41. The van der Waals surface area contributed by atoms with Crippen LogP contribution in [0.5, 0.6) is 17.2 Å². The Morgan fingerprint density at radius 2 is 1.72 bits per heavy atom. The van der Waals surface area contributed by atoms with Crippen molar-refractivity contribution in [1.29, 1.82) is 0 Å². The summed E-state index contributed by atoms with van der Waals surface area (Å²) in [5, 5.41) is 0.621. The number of benzene rings is 3. The van der Waals surface area contributed by atoms with Gasteiger partial charge in [-0.15, -0.1) is 0 Å². The summed E-state index contributed by atoms with van der Waals surface area (Å²) in [7, 11) is 1.64. The number of carbonyl (C=O) groups excluding carboxylic acids is 1. The van der Waals surface area contributed by atoms with Gasteiger partial charge in [0.15, 0.2) is 5.75 Å². The number of rotatable bonds is 2. The van der Waals surface area contributed by atoms with Crippen LogP contribution in [-0.4, -0.2) is 54.8 Å². The van der Waals surface area contributed by atoms with Gasteiger partial charge in [-0.3, -0.25) is 4.79 Å². The molecule has 1 amide bonds. The molecule has 2 aliphatic rings. The minimum Gasteiger partial charge on any atom is -0.497 e. The van der Waals surface area contributed by atoms with Crippen molar-refractivity contribution in [1.82, 2.24) is 9.80 Å². The monoisotopic (exact) mass is 447 g/mol. The van der Waals surface area contributed by atoms with Crippen LogP contribution in [0.1, 0.15) is 15.9 Å². The number of hydrogen-bond donors (Lipinski definition) is 0. The van der Waals surface area contributed by atoms with E-state index in [9.17, 15) is 4.79 Å². The predicted octanol–water partition coefficient (Wildman–Crippen LogP) is 4.99. The Hall–Kier alpha value is -3.51. The Morgan fingerprint density at radius 1 is 0.969 bits per heavy atom. The summed E-state index contributed by atoms with van der Waals surface area (Å²) in [5.41, 5.74) is 2.33. The lowest BCUT2D eigenvalue weighted by molar-refractivity contribution is 0.0692. The quantitative estimate of drug-likeness (QED) is 0.555. The SMILES string of the molecule is COc1ccc2c(c1)Oc1ccccc1N=C2N1CCN(C(=O)c2ccc(Cl)cc2)CC1. The molecule has 162 valence electrons. The van der Waals surface area contributed by atoms with Gasteiger partial charge in [0.1, 0.15) is 23.0 Å². The molecule has 0 atom stereocenters. The molecule has 0 N–H and O–H groups in total. The third-order valence-electron chi connectivity index (χ3n) is 5.70. The van der Waals surface area contributed by atoms with Crippen LogP contribution in [0.2, 0.25) is 5.02 Å². The number of piperazine rings is 1. The summed E-state index contributed by atoms with van der Waals surface area (Å²) >= 11 is 5.95. The summed E-state index contributed by atoms with van der Waals surface area (Å²) in [6.07, 6.45) is 0. The highest BCUT2D eigenvalue weighted by molar-refractivity contribution is 6.30. The maximum atomic E-state index is 12.9. The van der Waals surface area contributed by atoms with Crippen LogP contribution in [0.3, 0.4) is 0 Å². The van der Waals surface area contributed by atoms with Crippen molar-refractivity contribution in [2.24, 2.45) is 4.99 Å². The van der Waals surface area contributed by atoms with Crippen LogP contribution >= 0.6 is 11.6 Å². The lowest BCUT2D eigenvalue weighted by atomic mass is 10.1. The summed E-state index contributed by atoms with van der Waals surface area (Å²) in [5.74, 6) is 2.98. The largest absolute Gasteiger partial charge is 0.497 e. The van der Waals surface area contributed by atoms with Gasteiger partial charge >= 0.3 is 0 Å². The zero-order chi connectivity index (χ0) is 22.1. The highest BCUT2D eigenvalue weighted by Crippen LogP contribution is 2.39. The molecule has 1 saturated heterocycles. The first-order valence-corrected chi connectivity index (χ1v) is 10.8. The standard InChI is InChI=1S/C25H22ClN3O3/c1-31-19-10-11-20-23(16-19)32-22-5-3-2-4-21(22)27-24(20)28-12-14-29(15-13-28)25(30)17-6-8-18(26)9-7-17/h2-11,16H,12-15H2,1H3. The van der Waals surface area contributed by atoms with Crippen molar-refractivity contribution < 1.29 is 14.3 Å². The summed E-state index contributed by atoms with van der Waals surface area (Å²) < 4.78 is 11.6. The molecule has 5 rings (SSSR count). The van der Waals surface area contributed by atoms with E-state index in [-0.39, 0.29) is 5.91 Å². The summed E-state index contributed by atoms with van der Waals surface area (Å²) in [6.45, 7) is 2.56. The van der Waals surface area contributed by atoms with Crippen LogP contribution < -0.4 is 9.47 Å². The van der Waals surface area contributed by atoms with Gasteiger partial charge in [0.2, 0.25) is 0 Å². The molecule has 7 heteroatoms. The van der Waals surface area contributed by atoms with E-state index in [2.05, 4.69) is 4.90 Å². The number of ether oxygens (including phenoxy) is 2. The maximum absolute atomic E-state index is 12.9. The average Bonchev–Trinajstić information content (AvgIpc) is 3.00. The van der Waals surface area contributed by atoms with Gasteiger partial charge in [-0.25, -0.2) is 4.99 Å². The second-order valence-corrected chi connectivity index (χ2v) is 8.09. The maximum Gasteiger partial charge on any atom is 0.253 e. The van der Waals surface area contributed by atoms with Crippen molar-refractivity contribution in [3.8, 4) is 17.2 Å². The molecule has 0 unspecified atom stereocenters. The fraction of sp³-hybridized carbons (Fsp3) is 0.200. The zero-order valence-corrected chi connectivity index (χ0v) is 18.4. The van der Waals surface area contributed by atoms with Gasteiger partial charge in [-0.1, -0.05) is 23.7 Å². The van der Waals surface area contributed by atoms with Crippen molar-refractivity contribution in [2.75, 3.05) is 33.3 Å². The molecule has 3 aromatic carbocycles. The lowest BCUT2D eigenvalue weighted by Crippen LogP contribution is -2.50. The van der Waals surface area contributed by atoms with Crippen molar-refractivity contribution in [2.45, 2.75) is 0 Å². The number of amidine groups is 1. The third kappa shape index (κ3) is 3.89. The molecule has 2 aliphatic heterocycles. The third-order valence-corrected chi connectivity index (χ3v) is 5.95. The van der Waals surface area contributed by atoms with E-state index in [1.807, 2.05) is 47.4 Å². The molecule has 32 heavy (non-hydrogen) atoms. The predicted molar refractivity (Wildman–Crippen MR) is 125 cm³/mol. The van der Waals surface area contributed by atoms with E-state index in [1.54, 1.807) is 31.4 Å². The van der Waals surface area contributed by atoms with E-state index < -0.39 is 0 Å². The van der Waals surface area contributed by atoms with E-state index >= 15 is 0 Å². The minimum atomic E-state index is 0.0166. The highest BCUT2D eigenvalue weighted by atomic mass is 35.5. The number of fused-ring (bicyclic) bond motifs is 2. The van der Waals surface area contributed by atoms with Gasteiger partial charge in [0.05, 0.1) is 12.7 Å². The number of hydrogen-bond acceptors (Lipinski definition) is 5. The molecular weight excluding hydrogens is 426 g/mol. The lowest BCUT2D eigenvalue weighted by Gasteiger charge is -2.36. The van der Waals surface area contributed by atoms with E-state index in [0.717, 1.165) is 22.8 Å². The smallest absolute Gasteiger partial charge is 0.253 e. The normalized spacial score (nSPS) is 15.1. The molecule has 0 radical (unpaired) electrons. The topological polar surface area (TPSA) is 54.4 Å². The van der Waals surface area contributed by atoms with Crippen LogP contribution in [0.25, 0.3) is 0 Å². The number of aliphatic imine (C=N–C) groups is 1. The first kappa shape index (κ1) is 20.4. The van der Waals surface area contributed by atoms with Crippen molar-refractivity contribution in [3.05, 3.63) is 82.9 Å². The van der Waals surface area contributed by atoms with Crippen molar-refractivity contribution in [3.63, 3.8) is 0 Å². The first-order chi connectivity index (χ1) is 15.6. The number of nitrogens with zero attached hydrogens (tertiary/aromatic N) is 3. The van der Waals surface area contributed by atoms with Crippen LogP contribution in [0.4, 0.5) is 5.69 Å². The highest BCUT2D eigenvalue weighted by Gasteiger charge is 2.28. The van der Waals surface area contributed by atoms with Gasteiger partial charge in [-0.2, -0.15) is 0 Å². The molecule has 1 fully saturated rings. The minimum absolute atomic E-state index is 0.0166. The molecule has 0 aliphatic carbocycles. The number of carbonyl (C=O) groups is 1. The van der Waals surface area contributed by atoms with Crippen LogP contribution in [-0.2, 0) is 0 Å². The molecule has 0 spiro atoms. The van der Waals surface area contributed by atoms with E-state index in [1.165, 1.54) is 0 Å². The van der Waals surface area contributed by atoms with Crippen LogP contribution in [0, 0.1) is 0 Å². The number of methoxy groups -OCH3 is 1. The Kier molecular flexibility index (Phi) is 5.45. The summed E-state index contributed by atoms with van der Waals surface area (Å²) in [4.78, 5) is 21.9. The second kappa shape index (κ2) is 8.55. The second-order valence-electron chi connectivity index (χ2n) is 7.65. The average molecular weight is 448 g/mol.